The molecule has 0 aromatic rings. The van der Waals surface area contributed by atoms with Gasteiger partial charge >= 0.3 is 0 Å². The Hall–Kier alpha value is 0.230. The normalized spacial score (nSPS) is 38.5. The van der Waals surface area contributed by atoms with Crippen molar-refractivity contribution in [2.45, 2.75) is 62.7 Å². The van der Waals surface area contributed by atoms with Gasteiger partial charge in [0.15, 0.2) is 0 Å². The van der Waals surface area contributed by atoms with Crippen molar-refractivity contribution >= 4 is 11.8 Å². The van der Waals surface area contributed by atoms with Gasteiger partial charge in [0.25, 0.3) is 0 Å². The molecule has 3 fully saturated rings. The molecule has 2 heterocycles. The van der Waals surface area contributed by atoms with Crippen LogP contribution in [0.25, 0.3) is 0 Å². The zero-order valence-corrected chi connectivity index (χ0v) is 15.7. The predicted octanol–water partition coefficient (Wildman–Crippen LogP) is 3.82. The Bertz CT molecular complexity index is 335. The molecule has 0 bridgehead atoms. The van der Waals surface area contributed by atoms with Crippen LogP contribution in [0.3, 0.4) is 0 Å². The molecule has 0 spiro atoms. The maximum atomic E-state index is 5.99. The average Bonchev–Trinajstić information content (AvgIpc) is 3.03. The van der Waals surface area contributed by atoms with Crippen molar-refractivity contribution in [2.75, 3.05) is 45.8 Å². The second kappa shape index (κ2) is 9.65. The third-order valence-electron chi connectivity index (χ3n) is 6.15. The lowest BCUT2D eigenvalue weighted by molar-refractivity contribution is -0.00438. The molecule has 0 N–H and O–H groups in total. The summed E-state index contributed by atoms with van der Waals surface area (Å²) in [6, 6.07) is 0.695. The van der Waals surface area contributed by atoms with Gasteiger partial charge in [0.2, 0.25) is 0 Å². The summed E-state index contributed by atoms with van der Waals surface area (Å²) in [5.41, 5.74) is 0. The minimum Gasteiger partial charge on any atom is -0.381 e. The third kappa shape index (κ3) is 4.87. The van der Waals surface area contributed by atoms with Gasteiger partial charge in [0, 0.05) is 36.9 Å². The molecule has 2 saturated heterocycles. The molecule has 0 amide bonds. The summed E-state index contributed by atoms with van der Waals surface area (Å²) in [5, 5.41) is 0.765. The number of morpholine rings is 1. The van der Waals surface area contributed by atoms with Crippen LogP contribution in [0.4, 0.5) is 0 Å². The first-order chi connectivity index (χ1) is 11.4. The van der Waals surface area contributed by atoms with Gasteiger partial charge in [-0.3, -0.25) is 4.90 Å². The minimum absolute atomic E-state index is 0.695. The Kier molecular flexibility index (Phi) is 7.56. The summed E-state index contributed by atoms with van der Waals surface area (Å²) < 4.78 is 11.6. The van der Waals surface area contributed by atoms with Gasteiger partial charge < -0.3 is 9.47 Å². The molecule has 1 saturated carbocycles. The number of hydrogen-bond donors (Lipinski definition) is 0. The fraction of sp³-hybridized carbons (Fsp3) is 1.00. The number of ether oxygens (including phenoxy) is 2. The van der Waals surface area contributed by atoms with Crippen molar-refractivity contribution in [3.05, 3.63) is 0 Å². The fourth-order valence-corrected chi connectivity index (χ4v) is 5.89. The first-order valence-electron chi connectivity index (χ1n) is 9.82. The van der Waals surface area contributed by atoms with E-state index in [9.17, 15) is 0 Å². The Morgan fingerprint density at radius 1 is 0.826 bits per heavy atom. The second-order valence-electron chi connectivity index (χ2n) is 7.57. The summed E-state index contributed by atoms with van der Waals surface area (Å²) in [6.45, 7) is 6.05. The highest BCUT2D eigenvalue weighted by Crippen LogP contribution is 2.37. The van der Waals surface area contributed by atoms with E-state index >= 15 is 0 Å². The maximum absolute atomic E-state index is 5.99. The highest BCUT2D eigenvalue weighted by molar-refractivity contribution is 7.99. The maximum Gasteiger partial charge on any atom is 0.0594 e. The van der Waals surface area contributed by atoms with Gasteiger partial charge in [-0.05, 0) is 25.0 Å². The van der Waals surface area contributed by atoms with Gasteiger partial charge in [0.05, 0.1) is 19.8 Å². The number of rotatable bonds is 2. The van der Waals surface area contributed by atoms with Crippen molar-refractivity contribution < 1.29 is 9.47 Å². The van der Waals surface area contributed by atoms with Crippen LogP contribution < -0.4 is 0 Å². The molecular weight excluding hydrogens is 306 g/mol. The first kappa shape index (κ1) is 18.0. The lowest BCUT2D eigenvalue weighted by Crippen LogP contribution is -2.53. The van der Waals surface area contributed by atoms with E-state index in [1.165, 1.54) is 51.4 Å². The molecule has 23 heavy (non-hydrogen) atoms. The lowest BCUT2D eigenvalue weighted by Gasteiger charge is -2.43. The molecule has 0 aromatic heterocycles. The number of nitrogens with zero attached hydrogens (tertiary/aromatic N) is 1. The van der Waals surface area contributed by atoms with Crippen molar-refractivity contribution in [1.82, 2.24) is 4.90 Å². The third-order valence-corrected chi connectivity index (χ3v) is 7.27. The van der Waals surface area contributed by atoms with Crippen molar-refractivity contribution in [2.24, 2.45) is 11.8 Å². The Labute approximate surface area is 146 Å². The summed E-state index contributed by atoms with van der Waals surface area (Å²) >= 11 is 2.11. The molecule has 4 heteroatoms. The van der Waals surface area contributed by atoms with Crippen molar-refractivity contribution in [1.29, 1.82) is 0 Å². The molecule has 3 rings (SSSR count). The summed E-state index contributed by atoms with van der Waals surface area (Å²) in [5.74, 6) is 1.53. The monoisotopic (exact) mass is 341 g/mol. The topological polar surface area (TPSA) is 21.7 Å². The molecule has 2 aliphatic heterocycles. The van der Waals surface area contributed by atoms with Crippen LogP contribution in [0, 0.1) is 11.8 Å². The van der Waals surface area contributed by atoms with Crippen LogP contribution in [0.2, 0.25) is 0 Å². The van der Waals surface area contributed by atoms with E-state index in [0.717, 1.165) is 56.6 Å². The standard InChI is InChI=1S/C19H35NO2S/c1-23-18-9-7-5-3-2-4-6-8-16-14-22-15-17(16)19(18)20-10-12-21-13-11-20/h16-19H,2-15H2,1H3/t16-,17+,18-,19+/m1/s1. The highest BCUT2D eigenvalue weighted by atomic mass is 32.2. The molecule has 0 unspecified atom stereocenters. The smallest absolute Gasteiger partial charge is 0.0594 e. The highest BCUT2D eigenvalue weighted by Gasteiger charge is 2.41. The van der Waals surface area contributed by atoms with Crippen LogP contribution >= 0.6 is 11.8 Å². The van der Waals surface area contributed by atoms with Crippen molar-refractivity contribution in [3.8, 4) is 0 Å². The Morgan fingerprint density at radius 3 is 2.26 bits per heavy atom. The predicted molar refractivity (Wildman–Crippen MR) is 98.2 cm³/mol. The SMILES string of the molecule is CS[C@@H]1CCCCCCCC[C@@H]2COC[C@@H]2[C@@H]1N1CCOCC1. The molecule has 0 aromatic carbocycles. The van der Waals surface area contributed by atoms with Crippen LogP contribution in [-0.2, 0) is 9.47 Å². The molecule has 134 valence electrons. The largest absolute Gasteiger partial charge is 0.381 e. The van der Waals surface area contributed by atoms with Gasteiger partial charge in [0.1, 0.15) is 0 Å². The molecule has 0 radical (unpaired) electrons. The molecule has 4 atom stereocenters. The van der Waals surface area contributed by atoms with E-state index in [1.54, 1.807) is 0 Å². The zero-order valence-electron chi connectivity index (χ0n) is 14.9. The van der Waals surface area contributed by atoms with E-state index in [2.05, 4.69) is 22.9 Å². The fourth-order valence-electron chi connectivity index (χ4n) is 4.83. The Balaban J connectivity index is 1.76. The van der Waals surface area contributed by atoms with Gasteiger partial charge in [-0.25, -0.2) is 0 Å². The molecular formula is C19H35NO2S. The summed E-state index contributed by atoms with van der Waals surface area (Å²) in [6.07, 6.45) is 13.6. The average molecular weight is 342 g/mol. The van der Waals surface area contributed by atoms with Crippen molar-refractivity contribution in [3.63, 3.8) is 0 Å². The molecule has 3 aliphatic rings. The minimum atomic E-state index is 0.695. The zero-order chi connectivity index (χ0) is 15.9. The van der Waals surface area contributed by atoms with Crippen LogP contribution in [0.15, 0.2) is 0 Å². The number of fused-ring (bicyclic) bond motifs is 1. The summed E-state index contributed by atoms with van der Waals surface area (Å²) in [4.78, 5) is 2.75. The summed E-state index contributed by atoms with van der Waals surface area (Å²) in [7, 11) is 0. The van der Waals surface area contributed by atoms with E-state index < -0.39 is 0 Å². The van der Waals surface area contributed by atoms with Gasteiger partial charge in [-0.15, -0.1) is 0 Å². The van der Waals surface area contributed by atoms with Gasteiger partial charge in [-0.2, -0.15) is 11.8 Å². The molecule has 3 nitrogen and oxygen atoms in total. The first-order valence-corrected chi connectivity index (χ1v) is 11.1. The van der Waals surface area contributed by atoms with Crippen LogP contribution in [0.5, 0.6) is 0 Å². The Morgan fingerprint density at radius 2 is 1.52 bits per heavy atom. The van der Waals surface area contributed by atoms with Gasteiger partial charge in [-0.1, -0.05) is 38.5 Å². The number of hydrogen-bond acceptors (Lipinski definition) is 4. The van der Waals surface area contributed by atoms with Crippen LogP contribution in [-0.4, -0.2) is 62.0 Å². The quantitative estimate of drug-likeness (QED) is 0.761. The number of thioether (sulfide) groups is 1. The second-order valence-corrected chi connectivity index (χ2v) is 8.65. The van der Waals surface area contributed by atoms with E-state index in [0.29, 0.717) is 6.04 Å². The van der Waals surface area contributed by atoms with Crippen LogP contribution in [0.1, 0.15) is 51.4 Å². The van der Waals surface area contributed by atoms with E-state index in [-0.39, 0.29) is 0 Å². The molecule has 1 aliphatic carbocycles. The van der Waals surface area contributed by atoms with E-state index in [1.807, 2.05) is 0 Å². The van der Waals surface area contributed by atoms with E-state index in [4.69, 9.17) is 9.47 Å². The lowest BCUT2D eigenvalue weighted by atomic mass is 9.81.